The molecule has 2 aliphatic rings. The summed E-state index contributed by atoms with van der Waals surface area (Å²) < 4.78 is 36.4. The lowest BCUT2D eigenvalue weighted by molar-refractivity contribution is -0.155. The third-order valence-corrected chi connectivity index (χ3v) is 7.80. The van der Waals surface area contributed by atoms with Crippen LogP contribution in [-0.2, 0) is 20.9 Å². The van der Waals surface area contributed by atoms with Crippen LogP contribution >= 0.6 is 0 Å². The van der Waals surface area contributed by atoms with Crippen molar-refractivity contribution in [3.63, 3.8) is 0 Å². The van der Waals surface area contributed by atoms with Crippen LogP contribution in [-0.4, -0.2) is 66.2 Å². The monoisotopic (exact) mass is 577 g/mol. The number of alkyl carbamates (subject to hydrolysis) is 1. The standard InChI is InChI=1S/C32H33F2N3O5/c1-37(17-20-9-3-2-4-10-20)18-27(29(38)39)35-30(40)32(33,34)28(21-15-16-21)36-31(41)42-19-26-24-13-7-5-11-22(24)23-12-6-8-14-25(23)26/h2-14,21,26-28H,15-19H2,1H3,(H,35,40)(H,36,41)(H,38,39). The average molecular weight is 578 g/mol. The summed E-state index contributed by atoms with van der Waals surface area (Å²) in [4.78, 5) is 39.0. The molecule has 0 aromatic heterocycles. The summed E-state index contributed by atoms with van der Waals surface area (Å²) in [5.41, 5.74) is 4.92. The van der Waals surface area contributed by atoms with Crippen LogP contribution in [0.5, 0.6) is 0 Å². The summed E-state index contributed by atoms with van der Waals surface area (Å²) in [6.45, 7) is 0.106. The number of carbonyl (C=O) groups is 3. The molecule has 2 amide bonds. The lowest BCUT2D eigenvalue weighted by Gasteiger charge is -2.29. The van der Waals surface area contributed by atoms with Crippen molar-refractivity contribution < 1.29 is 33.0 Å². The third-order valence-electron chi connectivity index (χ3n) is 7.80. The van der Waals surface area contributed by atoms with Crippen LogP contribution in [0, 0.1) is 5.92 Å². The minimum absolute atomic E-state index is 0.0656. The maximum atomic E-state index is 15.5. The lowest BCUT2D eigenvalue weighted by atomic mass is 9.98. The molecule has 2 aliphatic carbocycles. The van der Waals surface area contributed by atoms with E-state index in [0.29, 0.717) is 19.4 Å². The van der Waals surface area contributed by atoms with Crippen LogP contribution in [0.3, 0.4) is 0 Å². The molecule has 3 aromatic carbocycles. The maximum absolute atomic E-state index is 15.5. The zero-order valence-corrected chi connectivity index (χ0v) is 23.1. The van der Waals surface area contributed by atoms with Gasteiger partial charge in [0.1, 0.15) is 18.7 Å². The number of likely N-dealkylation sites (N-methyl/N-ethyl adjacent to an activating group) is 1. The number of nitrogens with zero attached hydrogens (tertiary/aromatic N) is 1. The van der Waals surface area contributed by atoms with Gasteiger partial charge in [-0.2, -0.15) is 8.78 Å². The molecule has 3 N–H and O–H groups in total. The van der Waals surface area contributed by atoms with Crippen LogP contribution < -0.4 is 10.6 Å². The summed E-state index contributed by atoms with van der Waals surface area (Å²) >= 11 is 0. The number of alkyl halides is 2. The van der Waals surface area contributed by atoms with Gasteiger partial charge in [0.2, 0.25) is 0 Å². The average Bonchev–Trinajstić information content (AvgIpc) is 3.76. The molecule has 5 rings (SSSR count). The van der Waals surface area contributed by atoms with Gasteiger partial charge in [0.15, 0.2) is 0 Å². The quantitative estimate of drug-likeness (QED) is 0.290. The van der Waals surface area contributed by atoms with Gasteiger partial charge in [-0.15, -0.1) is 0 Å². The van der Waals surface area contributed by atoms with E-state index in [4.69, 9.17) is 4.74 Å². The van der Waals surface area contributed by atoms with E-state index in [2.05, 4.69) is 5.32 Å². The second-order valence-electron chi connectivity index (χ2n) is 11.0. The molecule has 42 heavy (non-hydrogen) atoms. The van der Waals surface area contributed by atoms with Gasteiger partial charge in [-0.1, -0.05) is 78.9 Å². The molecular weight excluding hydrogens is 544 g/mol. The normalized spacial score (nSPS) is 15.8. The summed E-state index contributed by atoms with van der Waals surface area (Å²) in [7, 11) is 1.64. The van der Waals surface area contributed by atoms with Gasteiger partial charge < -0.3 is 20.5 Å². The first-order valence-corrected chi connectivity index (χ1v) is 13.9. The highest BCUT2D eigenvalue weighted by Crippen LogP contribution is 2.44. The first-order chi connectivity index (χ1) is 20.1. The van der Waals surface area contributed by atoms with Gasteiger partial charge in [0.25, 0.3) is 5.91 Å². The minimum atomic E-state index is -4.06. The van der Waals surface area contributed by atoms with Crippen molar-refractivity contribution in [2.75, 3.05) is 20.2 Å². The fourth-order valence-corrected chi connectivity index (χ4v) is 5.55. The highest BCUT2D eigenvalue weighted by atomic mass is 19.3. The van der Waals surface area contributed by atoms with Crippen LogP contribution in [0.1, 0.15) is 35.4 Å². The van der Waals surface area contributed by atoms with Crippen LogP contribution in [0.15, 0.2) is 78.9 Å². The molecule has 3 aromatic rings. The number of carboxylic acid groups (broad SMARTS) is 1. The van der Waals surface area contributed by atoms with Crippen molar-refractivity contribution in [1.82, 2.24) is 15.5 Å². The van der Waals surface area contributed by atoms with E-state index in [1.165, 1.54) is 0 Å². The summed E-state index contributed by atoms with van der Waals surface area (Å²) in [5, 5.41) is 13.9. The highest BCUT2D eigenvalue weighted by molar-refractivity contribution is 5.89. The lowest BCUT2D eigenvalue weighted by Crippen LogP contribution is -2.60. The number of amides is 2. The van der Waals surface area contributed by atoms with Crippen molar-refractivity contribution >= 4 is 18.0 Å². The SMILES string of the molecule is CN(Cc1ccccc1)CC(NC(=O)C(F)(F)C(NC(=O)OCC1c2ccccc2-c2ccccc21)C1CC1)C(=O)O. The van der Waals surface area contributed by atoms with E-state index in [0.717, 1.165) is 27.8 Å². The molecule has 0 heterocycles. The molecule has 220 valence electrons. The van der Waals surface area contributed by atoms with Crippen molar-refractivity contribution in [2.24, 2.45) is 5.92 Å². The number of rotatable bonds is 12. The van der Waals surface area contributed by atoms with E-state index in [-0.39, 0.29) is 19.1 Å². The molecule has 0 bridgehead atoms. The van der Waals surface area contributed by atoms with E-state index in [1.54, 1.807) is 11.9 Å². The third kappa shape index (κ3) is 6.44. The Bertz CT molecular complexity index is 1400. The zero-order chi connectivity index (χ0) is 29.9. The number of benzene rings is 3. The molecule has 2 unspecified atom stereocenters. The van der Waals surface area contributed by atoms with Crippen molar-refractivity contribution in [1.29, 1.82) is 0 Å². The number of hydrogen-bond donors (Lipinski definition) is 3. The van der Waals surface area contributed by atoms with Crippen LogP contribution in [0.2, 0.25) is 0 Å². The number of aliphatic carboxylic acids is 1. The van der Waals surface area contributed by atoms with E-state index in [1.807, 2.05) is 84.2 Å². The number of carboxylic acids is 1. The number of hydrogen-bond acceptors (Lipinski definition) is 5. The Labute approximate surface area is 242 Å². The number of fused-ring (bicyclic) bond motifs is 3. The second kappa shape index (κ2) is 12.3. The molecule has 1 saturated carbocycles. The van der Waals surface area contributed by atoms with Gasteiger partial charge >= 0.3 is 18.0 Å². The minimum Gasteiger partial charge on any atom is -0.480 e. The van der Waals surface area contributed by atoms with Gasteiger partial charge in [-0.3, -0.25) is 9.69 Å². The van der Waals surface area contributed by atoms with Gasteiger partial charge in [-0.25, -0.2) is 9.59 Å². The Morgan fingerprint density at radius 1 is 0.929 bits per heavy atom. The molecule has 1 fully saturated rings. The maximum Gasteiger partial charge on any atom is 0.407 e. The fourth-order valence-electron chi connectivity index (χ4n) is 5.55. The van der Waals surface area contributed by atoms with Crippen molar-refractivity contribution in [3.8, 4) is 11.1 Å². The largest absolute Gasteiger partial charge is 0.480 e. The zero-order valence-electron chi connectivity index (χ0n) is 23.1. The highest BCUT2D eigenvalue weighted by Gasteiger charge is 2.55. The van der Waals surface area contributed by atoms with Crippen LogP contribution in [0.4, 0.5) is 13.6 Å². The van der Waals surface area contributed by atoms with Crippen molar-refractivity contribution in [3.05, 3.63) is 95.6 Å². The van der Waals surface area contributed by atoms with E-state index in [9.17, 15) is 19.5 Å². The number of nitrogens with one attached hydrogen (secondary N) is 2. The summed E-state index contributed by atoms with van der Waals surface area (Å²) in [6.07, 6.45) is -0.253. The molecule has 0 radical (unpaired) electrons. The molecule has 8 nitrogen and oxygen atoms in total. The topological polar surface area (TPSA) is 108 Å². The molecule has 0 aliphatic heterocycles. The van der Waals surface area contributed by atoms with Crippen molar-refractivity contribution in [2.45, 2.75) is 43.3 Å². The smallest absolute Gasteiger partial charge is 0.407 e. The number of carbonyl (C=O) groups excluding carboxylic acids is 2. The Hall–Kier alpha value is -4.31. The second-order valence-corrected chi connectivity index (χ2v) is 11.0. The van der Waals surface area contributed by atoms with Gasteiger partial charge in [0, 0.05) is 19.0 Å². The Morgan fingerprint density at radius 3 is 2.07 bits per heavy atom. The van der Waals surface area contributed by atoms with E-state index >= 15 is 8.78 Å². The Kier molecular flexibility index (Phi) is 8.54. The Balaban J connectivity index is 1.21. The van der Waals surface area contributed by atoms with E-state index < -0.39 is 41.9 Å². The predicted molar refractivity (Wildman–Crippen MR) is 152 cm³/mol. The van der Waals surface area contributed by atoms with Crippen LogP contribution in [0.25, 0.3) is 11.1 Å². The Morgan fingerprint density at radius 2 is 1.50 bits per heavy atom. The number of halogens is 2. The molecule has 0 saturated heterocycles. The number of ether oxygens (including phenoxy) is 1. The van der Waals surface area contributed by atoms with Gasteiger partial charge in [-0.05, 0) is 53.6 Å². The summed E-state index contributed by atoms with van der Waals surface area (Å²) in [5.74, 6) is -8.13. The molecule has 0 spiro atoms. The first kappa shape index (κ1) is 29.2. The molecule has 10 heteroatoms. The first-order valence-electron chi connectivity index (χ1n) is 13.9. The van der Waals surface area contributed by atoms with Gasteiger partial charge in [0.05, 0.1) is 0 Å². The summed E-state index contributed by atoms with van der Waals surface area (Å²) in [6, 6.07) is 21.3. The molecular formula is C32H33F2N3O5. The fraction of sp³-hybridized carbons (Fsp3) is 0.344. The molecule has 2 atom stereocenters. The predicted octanol–water partition coefficient (Wildman–Crippen LogP) is 4.64.